The van der Waals surface area contributed by atoms with Crippen molar-refractivity contribution >= 4 is 57.6 Å². The quantitative estimate of drug-likeness (QED) is 0.316. The number of carbonyl (C=O) groups is 1. The summed E-state index contributed by atoms with van der Waals surface area (Å²) in [6, 6.07) is 11.4. The Hall–Kier alpha value is -3.95. The van der Waals surface area contributed by atoms with E-state index in [4.69, 9.17) is 28.2 Å². The molecular weight excluding hydrogens is 549 g/mol. The van der Waals surface area contributed by atoms with E-state index in [1.165, 1.54) is 21.9 Å². The zero-order valence-electron chi connectivity index (χ0n) is 21.3. The molecule has 2 aliphatic carbocycles. The highest BCUT2D eigenvalue weighted by Crippen LogP contribution is 2.53. The van der Waals surface area contributed by atoms with E-state index < -0.39 is 0 Å². The van der Waals surface area contributed by atoms with Crippen molar-refractivity contribution in [3.05, 3.63) is 86.5 Å². The standard InChI is InChI=1S/C29H23Cl2N7O2/c30-21-2-1-3-22(31)23(21)38-26(40)19-13-33-27(35-24(19)37-11-10-32-28(37)38)34-18-6-7-20-17(12-18)14-36(15-29(20)8-9-29)25(39)16-4-5-16/h1-3,6-7,10-13,16H,4-5,8-9,14-15H2,(H,33,34,35). The molecule has 1 aliphatic heterocycles. The summed E-state index contributed by atoms with van der Waals surface area (Å²) in [5.41, 5.74) is 3.83. The average Bonchev–Trinajstić information content (AvgIpc) is 3.88. The van der Waals surface area contributed by atoms with Gasteiger partial charge in [0.1, 0.15) is 5.39 Å². The number of imidazole rings is 1. The second-order valence-electron chi connectivity index (χ2n) is 11.0. The lowest BCUT2D eigenvalue weighted by Crippen LogP contribution is -2.42. The molecular formula is C29H23Cl2N7O2. The van der Waals surface area contributed by atoms with Gasteiger partial charge in [0.2, 0.25) is 17.6 Å². The van der Waals surface area contributed by atoms with Crippen LogP contribution in [0.3, 0.4) is 0 Å². The Morgan fingerprint density at radius 2 is 1.88 bits per heavy atom. The minimum absolute atomic E-state index is 0.105. The van der Waals surface area contributed by atoms with Gasteiger partial charge >= 0.3 is 0 Å². The Kier molecular flexibility index (Phi) is 5.09. The maximum absolute atomic E-state index is 13.6. The number of nitrogens with zero attached hydrogens (tertiary/aromatic N) is 6. The van der Waals surface area contributed by atoms with Crippen LogP contribution in [0.2, 0.25) is 10.0 Å². The number of amides is 1. The van der Waals surface area contributed by atoms with Crippen molar-refractivity contribution in [2.45, 2.75) is 37.6 Å². The summed E-state index contributed by atoms with van der Waals surface area (Å²) in [6.45, 7) is 1.45. The first-order chi connectivity index (χ1) is 19.4. The van der Waals surface area contributed by atoms with Crippen molar-refractivity contribution in [2.24, 2.45) is 5.92 Å². The molecule has 40 heavy (non-hydrogen) atoms. The minimum atomic E-state index is -0.376. The van der Waals surface area contributed by atoms with Gasteiger partial charge in [-0.25, -0.2) is 14.5 Å². The van der Waals surface area contributed by atoms with Crippen molar-refractivity contribution in [3.8, 4) is 5.69 Å². The number of halogens is 2. The van der Waals surface area contributed by atoms with Crippen LogP contribution in [0.1, 0.15) is 36.8 Å². The first-order valence-corrected chi connectivity index (χ1v) is 14.1. The Balaban J connectivity index is 1.18. The summed E-state index contributed by atoms with van der Waals surface area (Å²) in [4.78, 5) is 42.1. The topological polar surface area (TPSA) is 97.4 Å². The Bertz CT molecular complexity index is 1920. The van der Waals surface area contributed by atoms with Gasteiger partial charge in [-0.15, -0.1) is 0 Å². The van der Waals surface area contributed by atoms with E-state index in [-0.39, 0.29) is 16.9 Å². The van der Waals surface area contributed by atoms with E-state index in [0.717, 1.165) is 37.9 Å². The normalized spacial score (nSPS) is 17.4. The van der Waals surface area contributed by atoms with Crippen LogP contribution in [0.5, 0.6) is 0 Å². The Labute approximate surface area is 238 Å². The van der Waals surface area contributed by atoms with Crippen LogP contribution < -0.4 is 10.9 Å². The van der Waals surface area contributed by atoms with Gasteiger partial charge in [0.15, 0.2) is 5.65 Å². The number of rotatable bonds is 4. The Morgan fingerprint density at radius 3 is 2.62 bits per heavy atom. The third-order valence-electron chi connectivity index (χ3n) is 8.29. The van der Waals surface area contributed by atoms with Gasteiger partial charge in [-0.2, -0.15) is 4.98 Å². The van der Waals surface area contributed by atoms with E-state index in [1.54, 1.807) is 35.0 Å². The SMILES string of the molecule is O=C(C1CC1)N1Cc2cc(Nc3ncc4c(=O)n(-c5c(Cl)cccc5Cl)c5nccn5c4n3)ccc2C2(CC2)C1. The molecule has 8 rings (SSSR count). The number of fused-ring (bicyclic) bond motifs is 5. The zero-order chi connectivity index (χ0) is 27.2. The molecule has 1 N–H and O–H groups in total. The van der Waals surface area contributed by atoms with Crippen molar-refractivity contribution in [3.63, 3.8) is 0 Å². The fraction of sp³-hybridized carbons (Fsp3) is 0.276. The molecule has 9 nitrogen and oxygen atoms in total. The first kappa shape index (κ1) is 23.9. The number of benzene rings is 2. The summed E-state index contributed by atoms with van der Waals surface area (Å²) in [7, 11) is 0. The molecule has 0 saturated heterocycles. The molecule has 4 heterocycles. The summed E-state index contributed by atoms with van der Waals surface area (Å²) in [5, 5.41) is 4.26. The number of aromatic nitrogens is 5. The number of nitrogens with one attached hydrogen (secondary N) is 1. The highest BCUT2D eigenvalue weighted by Gasteiger charge is 2.51. The molecule has 3 aliphatic rings. The van der Waals surface area contributed by atoms with Crippen LogP contribution in [0.15, 0.2) is 59.8 Å². The maximum atomic E-state index is 13.6. The van der Waals surface area contributed by atoms with Gasteiger partial charge in [-0.3, -0.25) is 14.0 Å². The van der Waals surface area contributed by atoms with E-state index in [2.05, 4.69) is 32.3 Å². The van der Waals surface area contributed by atoms with Crippen LogP contribution >= 0.6 is 23.2 Å². The summed E-state index contributed by atoms with van der Waals surface area (Å²) < 4.78 is 3.10. The summed E-state index contributed by atoms with van der Waals surface area (Å²) >= 11 is 12.9. The van der Waals surface area contributed by atoms with Gasteiger partial charge in [-0.1, -0.05) is 35.3 Å². The minimum Gasteiger partial charge on any atom is -0.337 e. The fourth-order valence-corrected chi connectivity index (χ4v) is 6.56. The van der Waals surface area contributed by atoms with E-state index in [0.29, 0.717) is 50.9 Å². The molecule has 2 aromatic carbocycles. The molecule has 11 heteroatoms. The first-order valence-electron chi connectivity index (χ1n) is 13.3. The number of anilines is 2. The lowest BCUT2D eigenvalue weighted by molar-refractivity contribution is -0.134. The second kappa shape index (κ2) is 8.52. The number of hydrogen-bond donors (Lipinski definition) is 1. The lowest BCUT2D eigenvalue weighted by Gasteiger charge is -2.35. The molecule has 2 saturated carbocycles. The second-order valence-corrected chi connectivity index (χ2v) is 11.8. The molecule has 1 spiro atoms. The number of hydrogen-bond acceptors (Lipinski definition) is 6. The fourth-order valence-electron chi connectivity index (χ4n) is 5.99. The number of carbonyl (C=O) groups excluding carboxylic acids is 1. The third kappa shape index (κ3) is 3.64. The zero-order valence-corrected chi connectivity index (χ0v) is 22.8. The predicted molar refractivity (Wildman–Crippen MR) is 153 cm³/mol. The van der Waals surface area contributed by atoms with Crippen molar-refractivity contribution < 1.29 is 4.79 Å². The molecule has 0 atom stereocenters. The molecule has 0 bridgehead atoms. The van der Waals surface area contributed by atoms with Gasteiger partial charge in [-0.05, 0) is 61.1 Å². The molecule has 1 amide bonds. The molecule has 3 aromatic heterocycles. The van der Waals surface area contributed by atoms with Crippen LogP contribution in [-0.4, -0.2) is 41.3 Å². The van der Waals surface area contributed by atoms with Crippen molar-refractivity contribution in [1.29, 1.82) is 0 Å². The van der Waals surface area contributed by atoms with Crippen molar-refractivity contribution in [1.82, 2.24) is 28.8 Å². The molecule has 0 radical (unpaired) electrons. The van der Waals surface area contributed by atoms with Crippen LogP contribution in [0.25, 0.3) is 22.5 Å². The van der Waals surface area contributed by atoms with Gasteiger partial charge in [0, 0.05) is 48.7 Å². The highest BCUT2D eigenvalue weighted by atomic mass is 35.5. The van der Waals surface area contributed by atoms with Crippen molar-refractivity contribution in [2.75, 3.05) is 11.9 Å². The van der Waals surface area contributed by atoms with Gasteiger partial charge < -0.3 is 10.2 Å². The van der Waals surface area contributed by atoms with E-state index in [1.807, 2.05) is 6.07 Å². The highest BCUT2D eigenvalue weighted by molar-refractivity contribution is 6.37. The molecule has 5 aromatic rings. The molecule has 2 fully saturated rings. The predicted octanol–water partition coefficient (Wildman–Crippen LogP) is 5.26. The van der Waals surface area contributed by atoms with Crippen LogP contribution in [-0.2, 0) is 16.8 Å². The number of para-hydroxylation sites is 1. The van der Waals surface area contributed by atoms with E-state index >= 15 is 0 Å². The maximum Gasteiger partial charge on any atom is 0.270 e. The smallest absolute Gasteiger partial charge is 0.270 e. The van der Waals surface area contributed by atoms with Crippen LogP contribution in [0, 0.1) is 5.92 Å². The monoisotopic (exact) mass is 571 g/mol. The van der Waals surface area contributed by atoms with Gasteiger partial charge in [0.05, 0.1) is 15.7 Å². The largest absolute Gasteiger partial charge is 0.337 e. The van der Waals surface area contributed by atoms with Crippen LogP contribution in [0.4, 0.5) is 11.6 Å². The van der Waals surface area contributed by atoms with E-state index in [9.17, 15) is 9.59 Å². The Morgan fingerprint density at radius 1 is 1.07 bits per heavy atom. The lowest BCUT2D eigenvalue weighted by atomic mass is 9.86. The molecule has 200 valence electrons. The average molecular weight is 572 g/mol. The summed E-state index contributed by atoms with van der Waals surface area (Å²) in [6.07, 6.45) is 9.08. The molecule has 0 unspecified atom stereocenters. The van der Waals surface area contributed by atoms with Gasteiger partial charge in [0.25, 0.3) is 5.56 Å². The summed E-state index contributed by atoms with van der Waals surface area (Å²) in [5.74, 6) is 1.18. The third-order valence-corrected chi connectivity index (χ3v) is 8.90.